The smallest absolute Gasteiger partial charge is 0.259 e. The second kappa shape index (κ2) is 5.14. The molecule has 112 valence electrons. The first-order valence-corrected chi connectivity index (χ1v) is 8.85. The fraction of sp³-hybridized carbons (Fsp3) is 0.438. The maximum absolute atomic E-state index is 12.8. The molecule has 0 atom stereocenters. The van der Waals surface area contributed by atoms with Gasteiger partial charge in [0, 0.05) is 16.3 Å². The largest absolute Gasteiger partial charge is 0.396 e. The van der Waals surface area contributed by atoms with Crippen molar-refractivity contribution in [3.8, 4) is 0 Å². The lowest BCUT2D eigenvalue weighted by molar-refractivity contribution is 0.518. The molecular weight excluding hydrogens is 300 g/mol. The Kier molecular flexibility index (Phi) is 3.58. The molecule has 0 aliphatic carbocycles. The predicted molar refractivity (Wildman–Crippen MR) is 94.8 cm³/mol. The Morgan fingerprint density at radius 1 is 1.24 bits per heavy atom. The van der Waals surface area contributed by atoms with Crippen LogP contribution in [0.15, 0.2) is 10.9 Å². The highest BCUT2D eigenvalue weighted by molar-refractivity contribution is 7.27. The van der Waals surface area contributed by atoms with E-state index >= 15 is 0 Å². The molecule has 3 rings (SSSR count). The van der Waals surface area contributed by atoms with Crippen molar-refractivity contribution in [3.63, 3.8) is 0 Å². The molecular formula is C16H20N2OS2. The predicted octanol–water partition coefficient (Wildman–Crippen LogP) is 4.52. The van der Waals surface area contributed by atoms with Crippen molar-refractivity contribution in [3.05, 3.63) is 26.2 Å². The topological polar surface area (TPSA) is 48.0 Å². The molecule has 0 saturated heterocycles. The van der Waals surface area contributed by atoms with Gasteiger partial charge in [0.2, 0.25) is 0 Å². The van der Waals surface area contributed by atoms with E-state index in [1.807, 2.05) is 17.6 Å². The number of aryl methyl sites for hydroxylation is 3. The van der Waals surface area contributed by atoms with Gasteiger partial charge in [0.25, 0.3) is 5.56 Å². The van der Waals surface area contributed by atoms with Crippen molar-refractivity contribution in [1.29, 1.82) is 0 Å². The van der Waals surface area contributed by atoms with Crippen LogP contribution >= 0.6 is 22.7 Å². The molecule has 0 fully saturated rings. The molecule has 0 spiro atoms. The molecule has 2 N–H and O–H groups in total. The molecule has 0 amide bonds. The summed E-state index contributed by atoms with van der Waals surface area (Å²) in [6.45, 7) is 9.18. The van der Waals surface area contributed by atoms with Crippen molar-refractivity contribution in [2.75, 3.05) is 5.73 Å². The summed E-state index contributed by atoms with van der Waals surface area (Å²) >= 11 is 3.40. The lowest BCUT2D eigenvalue weighted by Crippen LogP contribution is -2.21. The number of hydrogen-bond donors (Lipinski definition) is 1. The fourth-order valence-corrected chi connectivity index (χ4v) is 4.88. The average molecular weight is 320 g/mol. The Labute approximate surface area is 132 Å². The molecule has 0 aliphatic heterocycles. The minimum atomic E-state index is 0.104. The number of thiophene rings is 2. The van der Waals surface area contributed by atoms with Crippen LogP contribution in [0.4, 0.5) is 5.69 Å². The summed E-state index contributed by atoms with van der Waals surface area (Å²) in [6, 6.07) is 2.01. The number of fused-ring (bicyclic) bond motifs is 3. The number of pyridine rings is 1. The van der Waals surface area contributed by atoms with Crippen LogP contribution in [-0.4, -0.2) is 4.57 Å². The van der Waals surface area contributed by atoms with E-state index in [1.165, 1.54) is 9.58 Å². The molecule has 3 aromatic heterocycles. The SMILES string of the molecule is Cc1cc2c(=O)n(CCC(C)C)c3c(N)c(C)sc3c2s1. The van der Waals surface area contributed by atoms with E-state index in [-0.39, 0.29) is 5.56 Å². The number of aromatic nitrogens is 1. The Bertz CT molecular complexity index is 883. The van der Waals surface area contributed by atoms with Crippen molar-refractivity contribution in [2.45, 2.75) is 40.7 Å². The van der Waals surface area contributed by atoms with Gasteiger partial charge in [0.1, 0.15) is 0 Å². The van der Waals surface area contributed by atoms with E-state index in [0.717, 1.165) is 39.1 Å². The van der Waals surface area contributed by atoms with Gasteiger partial charge in [-0.1, -0.05) is 13.8 Å². The first-order chi connectivity index (χ1) is 9.90. The molecule has 0 aliphatic rings. The number of nitrogens with zero attached hydrogens (tertiary/aromatic N) is 1. The number of nitrogen functional groups attached to an aromatic ring is 1. The highest BCUT2D eigenvalue weighted by atomic mass is 32.1. The Morgan fingerprint density at radius 3 is 2.62 bits per heavy atom. The number of nitrogens with two attached hydrogens (primary N) is 1. The molecule has 0 radical (unpaired) electrons. The molecule has 0 bridgehead atoms. The first kappa shape index (κ1) is 14.6. The Morgan fingerprint density at radius 2 is 1.95 bits per heavy atom. The maximum Gasteiger partial charge on any atom is 0.259 e. The summed E-state index contributed by atoms with van der Waals surface area (Å²) in [6.07, 6.45) is 0.984. The fourth-order valence-electron chi connectivity index (χ4n) is 2.66. The normalized spacial score (nSPS) is 12.0. The second-order valence-electron chi connectivity index (χ2n) is 5.99. The Hall–Kier alpha value is -1.33. The van der Waals surface area contributed by atoms with Crippen LogP contribution in [0.1, 0.15) is 30.0 Å². The van der Waals surface area contributed by atoms with Crippen molar-refractivity contribution >= 4 is 48.7 Å². The van der Waals surface area contributed by atoms with Crippen LogP contribution in [0.3, 0.4) is 0 Å². The van der Waals surface area contributed by atoms with Crippen molar-refractivity contribution in [2.24, 2.45) is 5.92 Å². The zero-order valence-electron chi connectivity index (χ0n) is 12.8. The summed E-state index contributed by atoms with van der Waals surface area (Å²) in [5, 5.41) is 0.843. The summed E-state index contributed by atoms with van der Waals surface area (Å²) in [4.78, 5) is 15.1. The molecule has 3 nitrogen and oxygen atoms in total. The summed E-state index contributed by atoms with van der Waals surface area (Å²) in [5.41, 5.74) is 8.08. The van der Waals surface area contributed by atoms with Gasteiger partial charge in [-0.2, -0.15) is 0 Å². The van der Waals surface area contributed by atoms with Crippen LogP contribution in [0.25, 0.3) is 20.3 Å². The van der Waals surface area contributed by atoms with Gasteiger partial charge in [0.05, 0.1) is 26.0 Å². The summed E-state index contributed by atoms with van der Waals surface area (Å²) in [5.74, 6) is 0.563. The van der Waals surface area contributed by atoms with E-state index in [0.29, 0.717) is 5.92 Å². The number of anilines is 1. The van der Waals surface area contributed by atoms with Crippen LogP contribution in [-0.2, 0) is 6.54 Å². The van der Waals surface area contributed by atoms with Gasteiger partial charge in [-0.25, -0.2) is 0 Å². The second-order valence-corrected chi connectivity index (χ2v) is 8.47. The molecule has 0 unspecified atom stereocenters. The average Bonchev–Trinajstić information content (AvgIpc) is 2.92. The summed E-state index contributed by atoms with van der Waals surface area (Å²) < 4.78 is 4.16. The minimum Gasteiger partial charge on any atom is -0.396 e. The minimum absolute atomic E-state index is 0.104. The highest BCUT2D eigenvalue weighted by Crippen LogP contribution is 2.39. The lowest BCUT2D eigenvalue weighted by atomic mass is 10.1. The number of hydrogen-bond acceptors (Lipinski definition) is 4. The van der Waals surface area contributed by atoms with E-state index in [4.69, 9.17) is 5.73 Å². The molecule has 0 saturated carbocycles. The first-order valence-electron chi connectivity index (χ1n) is 7.21. The third kappa shape index (κ3) is 2.28. The third-order valence-electron chi connectivity index (χ3n) is 3.84. The molecule has 21 heavy (non-hydrogen) atoms. The van der Waals surface area contributed by atoms with Crippen LogP contribution < -0.4 is 11.3 Å². The van der Waals surface area contributed by atoms with Crippen LogP contribution in [0, 0.1) is 19.8 Å². The quantitative estimate of drug-likeness (QED) is 0.771. The van der Waals surface area contributed by atoms with Gasteiger partial charge in [-0.15, -0.1) is 22.7 Å². The van der Waals surface area contributed by atoms with E-state index < -0.39 is 0 Å². The van der Waals surface area contributed by atoms with E-state index in [9.17, 15) is 4.79 Å². The number of rotatable bonds is 3. The van der Waals surface area contributed by atoms with Gasteiger partial charge in [0.15, 0.2) is 0 Å². The lowest BCUT2D eigenvalue weighted by Gasteiger charge is -2.11. The van der Waals surface area contributed by atoms with Gasteiger partial charge in [-0.3, -0.25) is 4.79 Å². The van der Waals surface area contributed by atoms with E-state index in [2.05, 4.69) is 20.8 Å². The van der Waals surface area contributed by atoms with Crippen LogP contribution in [0.5, 0.6) is 0 Å². The summed E-state index contributed by atoms with van der Waals surface area (Å²) in [7, 11) is 0. The standard InChI is InChI=1S/C16H20N2OS2/c1-8(2)5-6-18-13-12(17)10(4)21-15(13)14-11(16(18)19)7-9(3)20-14/h7-8H,5-6,17H2,1-4H3. The van der Waals surface area contributed by atoms with Gasteiger partial charge < -0.3 is 10.3 Å². The third-order valence-corrected chi connectivity index (χ3v) is 6.17. The Balaban J connectivity index is 2.41. The molecule has 3 aromatic rings. The van der Waals surface area contributed by atoms with Crippen molar-refractivity contribution in [1.82, 2.24) is 4.57 Å². The van der Waals surface area contributed by atoms with Gasteiger partial charge in [-0.05, 0) is 32.3 Å². The molecule has 3 heterocycles. The zero-order valence-corrected chi connectivity index (χ0v) is 14.5. The maximum atomic E-state index is 12.8. The molecule has 0 aromatic carbocycles. The van der Waals surface area contributed by atoms with Gasteiger partial charge >= 0.3 is 0 Å². The monoisotopic (exact) mass is 320 g/mol. The van der Waals surface area contributed by atoms with Crippen LogP contribution in [0.2, 0.25) is 0 Å². The highest BCUT2D eigenvalue weighted by Gasteiger charge is 2.18. The molecule has 5 heteroatoms. The van der Waals surface area contributed by atoms with E-state index in [1.54, 1.807) is 22.7 Å². The zero-order chi connectivity index (χ0) is 15.3. The van der Waals surface area contributed by atoms with Crippen molar-refractivity contribution < 1.29 is 0 Å².